The van der Waals surface area contributed by atoms with Crippen LogP contribution in [-0.2, 0) is 13.2 Å². The van der Waals surface area contributed by atoms with Crippen molar-refractivity contribution in [2.24, 2.45) is 0 Å². The Morgan fingerprint density at radius 1 is 1.22 bits per heavy atom. The van der Waals surface area contributed by atoms with Crippen LogP contribution >= 0.6 is 15.9 Å². The number of aromatic nitrogens is 2. The molecule has 1 amide bonds. The van der Waals surface area contributed by atoms with Gasteiger partial charge in [-0.2, -0.15) is 5.10 Å². The summed E-state index contributed by atoms with van der Waals surface area (Å²) in [5, 5.41) is 7.20. The maximum atomic E-state index is 12.3. The summed E-state index contributed by atoms with van der Waals surface area (Å²) in [4.78, 5) is 12.3. The van der Waals surface area contributed by atoms with Crippen molar-refractivity contribution in [3.63, 3.8) is 0 Å². The van der Waals surface area contributed by atoms with Gasteiger partial charge in [0.05, 0.1) is 6.20 Å². The molecule has 0 fully saturated rings. The standard InChI is InChI=1S/C21H22BrN3O2/c1-16-13-24-25(14-16)11-3-10-23-21(26)18-5-2-4-17(12-18)15-27-20-8-6-19(22)7-9-20/h2,4-9,12-14H,3,10-11,15H2,1H3,(H,23,26). The first kappa shape index (κ1) is 19.2. The van der Waals surface area contributed by atoms with E-state index in [4.69, 9.17) is 4.74 Å². The second kappa shape index (κ2) is 9.37. The molecule has 140 valence electrons. The summed E-state index contributed by atoms with van der Waals surface area (Å²) in [5.74, 6) is 0.721. The van der Waals surface area contributed by atoms with E-state index in [0.717, 1.165) is 34.3 Å². The van der Waals surface area contributed by atoms with E-state index < -0.39 is 0 Å². The average molecular weight is 428 g/mol. The highest BCUT2D eigenvalue weighted by atomic mass is 79.9. The second-order valence-corrected chi connectivity index (χ2v) is 7.25. The number of benzene rings is 2. The molecule has 0 spiro atoms. The first-order valence-corrected chi connectivity index (χ1v) is 9.64. The zero-order chi connectivity index (χ0) is 19.1. The van der Waals surface area contributed by atoms with Crippen LogP contribution in [-0.4, -0.2) is 22.2 Å². The molecule has 5 nitrogen and oxygen atoms in total. The number of halogens is 1. The molecule has 2 aromatic carbocycles. The lowest BCUT2D eigenvalue weighted by molar-refractivity contribution is 0.0952. The molecular weight excluding hydrogens is 406 g/mol. The van der Waals surface area contributed by atoms with Crippen LogP contribution in [0, 0.1) is 6.92 Å². The van der Waals surface area contributed by atoms with Gasteiger partial charge in [-0.05, 0) is 60.9 Å². The number of carbonyl (C=O) groups is 1. The Hall–Kier alpha value is -2.60. The number of rotatable bonds is 8. The normalized spacial score (nSPS) is 10.6. The van der Waals surface area contributed by atoms with Crippen LogP contribution in [0.1, 0.15) is 27.9 Å². The van der Waals surface area contributed by atoms with Crippen molar-refractivity contribution in [2.75, 3.05) is 6.54 Å². The molecule has 3 aromatic rings. The molecule has 1 N–H and O–H groups in total. The van der Waals surface area contributed by atoms with Crippen LogP contribution in [0.5, 0.6) is 5.75 Å². The van der Waals surface area contributed by atoms with Crippen LogP contribution < -0.4 is 10.1 Å². The minimum atomic E-state index is -0.0721. The fourth-order valence-corrected chi connectivity index (χ4v) is 2.90. The van der Waals surface area contributed by atoms with Gasteiger partial charge in [-0.3, -0.25) is 9.48 Å². The smallest absolute Gasteiger partial charge is 0.251 e. The summed E-state index contributed by atoms with van der Waals surface area (Å²) in [6.45, 7) is 3.83. The number of nitrogens with zero attached hydrogens (tertiary/aromatic N) is 2. The third kappa shape index (κ3) is 5.96. The summed E-state index contributed by atoms with van der Waals surface area (Å²) in [7, 11) is 0. The van der Waals surface area contributed by atoms with Gasteiger partial charge in [-0.25, -0.2) is 0 Å². The van der Waals surface area contributed by atoms with Gasteiger partial charge in [0, 0.05) is 29.3 Å². The van der Waals surface area contributed by atoms with Crippen LogP contribution in [0.15, 0.2) is 65.4 Å². The van der Waals surface area contributed by atoms with Gasteiger partial charge in [-0.15, -0.1) is 0 Å². The maximum Gasteiger partial charge on any atom is 0.251 e. The molecule has 0 saturated heterocycles. The highest BCUT2D eigenvalue weighted by Gasteiger charge is 2.06. The summed E-state index contributed by atoms with van der Waals surface area (Å²) in [5.41, 5.74) is 2.74. The lowest BCUT2D eigenvalue weighted by Gasteiger charge is -2.09. The molecule has 0 radical (unpaired) electrons. The maximum absolute atomic E-state index is 12.3. The van der Waals surface area contributed by atoms with Crippen molar-refractivity contribution in [1.82, 2.24) is 15.1 Å². The van der Waals surface area contributed by atoms with E-state index in [0.29, 0.717) is 18.7 Å². The third-order valence-electron chi connectivity index (χ3n) is 4.02. The van der Waals surface area contributed by atoms with Gasteiger partial charge >= 0.3 is 0 Å². The predicted octanol–water partition coefficient (Wildman–Crippen LogP) is 4.35. The Morgan fingerprint density at radius 2 is 2.04 bits per heavy atom. The molecule has 1 heterocycles. The molecule has 3 rings (SSSR count). The second-order valence-electron chi connectivity index (χ2n) is 6.33. The minimum absolute atomic E-state index is 0.0721. The van der Waals surface area contributed by atoms with Gasteiger partial charge in [0.2, 0.25) is 0 Å². The molecule has 0 aliphatic rings. The molecule has 6 heteroatoms. The quantitative estimate of drug-likeness (QED) is 0.543. The van der Waals surface area contributed by atoms with E-state index in [1.54, 1.807) is 0 Å². The Labute approximate surface area is 167 Å². The Morgan fingerprint density at radius 3 is 2.78 bits per heavy atom. The highest BCUT2D eigenvalue weighted by Crippen LogP contribution is 2.17. The molecule has 0 aliphatic heterocycles. The summed E-state index contributed by atoms with van der Waals surface area (Å²) in [6, 6.07) is 15.2. The first-order valence-electron chi connectivity index (χ1n) is 8.85. The molecule has 0 bridgehead atoms. The topological polar surface area (TPSA) is 56.2 Å². The Bertz CT molecular complexity index is 890. The molecule has 0 atom stereocenters. The number of hydrogen-bond donors (Lipinski definition) is 1. The van der Waals surface area contributed by atoms with Crippen LogP contribution in [0.3, 0.4) is 0 Å². The summed E-state index contributed by atoms with van der Waals surface area (Å²) < 4.78 is 8.67. The third-order valence-corrected chi connectivity index (χ3v) is 4.55. The SMILES string of the molecule is Cc1cnn(CCCNC(=O)c2cccc(COc3ccc(Br)cc3)c2)c1. The van der Waals surface area contributed by atoms with E-state index in [2.05, 4.69) is 26.3 Å². The van der Waals surface area contributed by atoms with Gasteiger partial charge in [-0.1, -0.05) is 28.1 Å². The van der Waals surface area contributed by atoms with Crippen molar-refractivity contribution in [2.45, 2.75) is 26.5 Å². The van der Waals surface area contributed by atoms with Gasteiger partial charge < -0.3 is 10.1 Å². The zero-order valence-electron chi connectivity index (χ0n) is 15.2. The van der Waals surface area contributed by atoms with Gasteiger partial charge in [0.25, 0.3) is 5.91 Å². The van der Waals surface area contributed by atoms with Crippen molar-refractivity contribution < 1.29 is 9.53 Å². The van der Waals surface area contributed by atoms with Crippen molar-refractivity contribution in [3.8, 4) is 5.75 Å². The van der Waals surface area contributed by atoms with Crippen molar-refractivity contribution in [1.29, 1.82) is 0 Å². The summed E-state index contributed by atoms with van der Waals surface area (Å²) >= 11 is 3.40. The first-order chi connectivity index (χ1) is 13.1. The number of aryl methyl sites for hydroxylation is 2. The van der Waals surface area contributed by atoms with E-state index in [1.165, 1.54) is 0 Å². The number of nitrogens with one attached hydrogen (secondary N) is 1. The molecule has 0 unspecified atom stereocenters. The lowest BCUT2D eigenvalue weighted by Crippen LogP contribution is -2.25. The Kier molecular flexibility index (Phi) is 6.65. The number of hydrogen-bond acceptors (Lipinski definition) is 3. The van der Waals surface area contributed by atoms with E-state index in [-0.39, 0.29) is 5.91 Å². The Balaban J connectivity index is 1.47. The average Bonchev–Trinajstić information content (AvgIpc) is 3.10. The minimum Gasteiger partial charge on any atom is -0.489 e. The zero-order valence-corrected chi connectivity index (χ0v) is 16.8. The lowest BCUT2D eigenvalue weighted by atomic mass is 10.1. The van der Waals surface area contributed by atoms with E-state index >= 15 is 0 Å². The number of amides is 1. The van der Waals surface area contributed by atoms with Crippen molar-refractivity contribution >= 4 is 21.8 Å². The molecule has 0 saturated carbocycles. The fourth-order valence-electron chi connectivity index (χ4n) is 2.63. The molecular formula is C21H22BrN3O2. The summed E-state index contributed by atoms with van der Waals surface area (Å²) in [6.07, 6.45) is 4.66. The molecule has 1 aromatic heterocycles. The van der Waals surface area contributed by atoms with Gasteiger partial charge in [0.15, 0.2) is 0 Å². The van der Waals surface area contributed by atoms with E-state index in [1.807, 2.05) is 72.5 Å². The number of ether oxygens (including phenoxy) is 1. The van der Waals surface area contributed by atoms with Crippen LogP contribution in [0.2, 0.25) is 0 Å². The highest BCUT2D eigenvalue weighted by molar-refractivity contribution is 9.10. The van der Waals surface area contributed by atoms with E-state index in [9.17, 15) is 4.79 Å². The molecule has 27 heavy (non-hydrogen) atoms. The van der Waals surface area contributed by atoms with Crippen molar-refractivity contribution in [3.05, 3.63) is 82.1 Å². The van der Waals surface area contributed by atoms with Crippen LogP contribution in [0.25, 0.3) is 0 Å². The number of carbonyl (C=O) groups excluding carboxylic acids is 1. The molecule has 0 aliphatic carbocycles. The fraction of sp³-hybridized carbons (Fsp3) is 0.238. The largest absolute Gasteiger partial charge is 0.489 e. The van der Waals surface area contributed by atoms with Crippen LogP contribution in [0.4, 0.5) is 0 Å². The predicted molar refractivity (Wildman–Crippen MR) is 109 cm³/mol. The van der Waals surface area contributed by atoms with Gasteiger partial charge in [0.1, 0.15) is 12.4 Å². The monoisotopic (exact) mass is 427 g/mol.